The van der Waals surface area contributed by atoms with Crippen LogP contribution in [0.5, 0.6) is 0 Å². The summed E-state index contributed by atoms with van der Waals surface area (Å²) in [5.74, 6) is -3.73. The number of hydrogen-bond acceptors (Lipinski definition) is 15. The molecule has 0 saturated carbocycles. The maximum Gasteiger partial charge on any atom is 0.404 e. The lowest BCUT2D eigenvalue weighted by Gasteiger charge is -2.41. The van der Waals surface area contributed by atoms with Crippen molar-refractivity contribution in [1.29, 1.82) is 0 Å². The number of aromatic carboxylic acids is 1. The minimum Gasteiger partial charge on any atom is -0.478 e. The average Bonchev–Trinajstić information content (AvgIpc) is 1.84. The summed E-state index contributed by atoms with van der Waals surface area (Å²) in [6.07, 6.45) is 4.53. The van der Waals surface area contributed by atoms with Crippen LogP contribution in [-0.4, -0.2) is 117 Å². The van der Waals surface area contributed by atoms with E-state index in [4.69, 9.17) is 35.2 Å². The molecule has 20 nitrogen and oxygen atoms in total. The van der Waals surface area contributed by atoms with Gasteiger partial charge in [0.25, 0.3) is 11.8 Å². The summed E-state index contributed by atoms with van der Waals surface area (Å²) in [4.78, 5) is 113. The Morgan fingerprint density at radius 3 is 1.30 bits per heavy atom. The summed E-state index contributed by atoms with van der Waals surface area (Å²) >= 11 is 0. The zero-order chi connectivity index (χ0) is 59.0. The number of benzene rings is 4. The number of β-lactam (4-membered cyclic amide) rings is 2. The molecule has 0 spiro atoms. The van der Waals surface area contributed by atoms with Crippen molar-refractivity contribution in [1.82, 2.24) is 19.8 Å². The molecule has 424 valence electrons. The molecule has 2 aromatic heterocycles. The Labute approximate surface area is 477 Å². The number of carbonyl (C=O) groups excluding carboxylic acids is 7. The number of ether oxygens (including phenoxy) is 5. The molecule has 6 atom stereocenters. The minimum atomic E-state index is -1.12. The number of nitrogens with zero attached hydrogens (tertiary/aromatic N) is 4. The fraction of sp³-hybridized carbons (Fsp3) is 0.238. The van der Waals surface area contributed by atoms with Crippen LogP contribution in [0, 0.1) is 10.8 Å². The quantitative estimate of drug-likeness (QED) is 0.0243. The molecule has 4 fully saturated rings. The van der Waals surface area contributed by atoms with Crippen molar-refractivity contribution in [2.75, 3.05) is 19.8 Å². The molecule has 83 heavy (non-hydrogen) atoms. The monoisotopic (exact) mass is 1120 g/mol. The normalized spacial score (nSPS) is 22.0. The molecule has 0 bridgehead atoms. The van der Waals surface area contributed by atoms with Crippen LogP contribution in [0.15, 0.2) is 182 Å². The first kappa shape index (κ1) is 57.4. The number of rotatable bonds is 18. The van der Waals surface area contributed by atoms with E-state index in [2.05, 4.69) is 16.5 Å². The summed E-state index contributed by atoms with van der Waals surface area (Å²) in [5.41, 5.74) is 13.3. The number of nitrogens with two attached hydrogens (primary N) is 2. The standard InChI is InChI=1S/C33H31N3O7.C30H27N3O7/c1-3-16-41-30(38)23-14-15-35-24(17-23)18-25-26-19-33(2,20-42-32(34)40)28(36(26)29(25)37)31(39)43-27(21-10-6-4-7-11-21)22-12-8-5-9-13-22;1-30(17-39-29(31)38)16-23-22(15-21-14-20(27(35)36)12-13-32-21)26(34)33(23)25(30)28(37)40-24(18-8-4-2-5-9-18)19-10-6-3-7-11-19/h3-15,17-18,26-28H,1,16,19-20H2,2H3,(H2,34,40);2-15,23-25H,16-17H2,1H3,(H2,31,38)(H,35,36)/b25-18+;22-15+/t26?,28-,33-;23?,25-,30-/m00/s1. The van der Waals surface area contributed by atoms with E-state index in [0.29, 0.717) is 29.0 Å². The minimum absolute atomic E-state index is 0.0333. The van der Waals surface area contributed by atoms with Crippen molar-refractivity contribution in [3.63, 3.8) is 0 Å². The molecule has 4 amide bonds. The van der Waals surface area contributed by atoms with Gasteiger partial charge in [0.2, 0.25) is 0 Å². The van der Waals surface area contributed by atoms with Gasteiger partial charge in [-0.2, -0.15) is 0 Å². The highest BCUT2D eigenvalue weighted by Gasteiger charge is 2.64. The predicted molar refractivity (Wildman–Crippen MR) is 299 cm³/mol. The van der Waals surface area contributed by atoms with Crippen LogP contribution in [-0.2, 0) is 42.9 Å². The highest BCUT2D eigenvalue weighted by molar-refractivity contribution is 6.09. The molecule has 20 heteroatoms. The largest absolute Gasteiger partial charge is 0.478 e. The smallest absolute Gasteiger partial charge is 0.404 e. The van der Waals surface area contributed by atoms with Gasteiger partial charge in [0.15, 0.2) is 12.2 Å². The van der Waals surface area contributed by atoms with Crippen molar-refractivity contribution >= 4 is 60.0 Å². The molecule has 4 aromatic carbocycles. The SMILES string of the molecule is C=CCOC(=O)c1ccnc(/C=C2/C(=O)N3C2C[C@@](C)(COC(N)=O)[C@@H]3C(=O)OC(c2ccccc2)c2ccccc2)c1.C[C@@]1(COC(N)=O)CC2/C(=C\c3cc(C(=O)O)ccn3)C(=O)N2[C@H]1C(=O)OC(c1ccccc1)c1ccccc1. The van der Waals surface area contributed by atoms with Crippen LogP contribution >= 0.6 is 0 Å². The number of amides is 4. The number of carbonyl (C=O) groups is 8. The molecule has 5 N–H and O–H groups in total. The van der Waals surface area contributed by atoms with Crippen molar-refractivity contribution in [3.8, 4) is 0 Å². The number of hydrogen-bond donors (Lipinski definition) is 3. The van der Waals surface area contributed by atoms with Gasteiger partial charge in [-0.15, -0.1) is 0 Å². The summed E-state index contributed by atoms with van der Waals surface area (Å²) in [6, 6.07) is 39.8. The third-order valence-corrected chi connectivity index (χ3v) is 14.9. The number of carboxylic acids is 1. The van der Waals surface area contributed by atoms with Crippen LogP contribution in [0.1, 0.15) is 93.3 Å². The Morgan fingerprint density at radius 2 is 0.952 bits per heavy atom. The van der Waals surface area contributed by atoms with E-state index in [1.54, 1.807) is 19.9 Å². The molecular weight excluding hydrogens is 1060 g/mol. The topological polar surface area (TPSA) is 287 Å². The van der Waals surface area contributed by atoms with E-state index in [1.165, 1.54) is 58.6 Å². The molecule has 0 radical (unpaired) electrons. The van der Waals surface area contributed by atoms with Gasteiger partial charge in [-0.3, -0.25) is 19.6 Å². The maximum atomic E-state index is 14.0. The third kappa shape index (κ3) is 12.4. The van der Waals surface area contributed by atoms with Crippen molar-refractivity contribution in [2.45, 2.75) is 63.1 Å². The molecule has 2 unspecified atom stereocenters. The lowest BCUT2D eigenvalue weighted by atomic mass is 9.81. The first-order valence-electron chi connectivity index (χ1n) is 26.4. The van der Waals surface area contributed by atoms with E-state index < -0.39 is 89.2 Å². The van der Waals surface area contributed by atoms with Gasteiger partial charge in [0.05, 0.1) is 34.6 Å². The lowest BCUT2D eigenvalue weighted by Crippen LogP contribution is -2.58. The first-order chi connectivity index (χ1) is 39.9. The molecule has 4 aliphatic rings. The van der Waals surface area contributed by atoms with E-state index in [1.807, 2.05) is 121 Å². The maximum absolute atomic E-state index is 14.0. The molecule has 4 aliphatic heterocycles. The second-order valence-electron chi connectivity index (χ2n) is 20.8. The Hall–Kier alpha value is -10.2. The number of primary amides is 2. The van der Waals surface area contributed by atoms with Gasteiger partial charge in [-0.05, 0) is 71.5 Å². The molecule has 6 heterocycles. The van der Waals surface area contributed by atoms with Crippen molar-refractivity contribution in [3.05, 3.63) is 227 Å². The molecule has 0 aliphatic carbocycles. The first-order valence-corrected chi connectivity index (χ1v) is 26.4. The van der Waals surface area contributed by atoms with Crippen LogP contribution in [0.4, 0.5) is 9.59 Å². The second kappa shape index (κ2) is 24.6. The number of carboxylic acid groups (broad SMARTS) is 1. The zero-order valence-corrected chi connectivity index (χ0v) is 45.1. The van der Waals surface area contributed by atoms with Crippen molar-refractivity contribution < 1.29 is 67.1 Å². The fourth-order valence-corrected chi connectivity index (χ4v) is 11.1. The van der Waals surface area contributed by atoms with Gasteiger partial charge in [-0.25, -0.2) is 28.8 Å². The van der Waals surface area contributed by atoms with Gasteiger partial charge < -0.3 is 50.1 Å². The average molecular weight is 1120 g/mol. The van der Waals surface area contributed by atoms with E-state index >= 15 is 0 Å². The summed E-state index contributed by atoms with van der Waals surface area (Å²) in [7, 11) is 0. The van der Waals surface area contributed by atoms with Gasteiger partial charge in [-0.1, -0.05) is 148 Å². The Bertz CT molecular complexity index is 3450. The number of fused-ring (bicyclic) bond motifs is 2. The fourth-order valence-electron chi connectivity index (χ4n) is 11.1. The lowest BCUT2D eigenvalue weighted by molar-refractivity contribution is -0.163. The van der Waals surface area contributed by atoms with Gasteiger partial charge in [0, 0.05) is 34.4 Å². The zero-order valence-electron chi connectivity index (χ0n) is 45.1. The number of aromatic nitrogens is 2. The predicted octanol–water partition coefficient (Wildman–Crippen LogP) is 7.81. The molecular formula is C63H58N6O14. The number of pyridine rings is 2. The van der Waals surface area contributed by atoms with E-state index in [9.17, 15) is 43.5 Å². The highest BCUT2D eigenvalue weighted by Crippen LogP contribution is 2.52. The van der Waals surface area contributed by atoms with Crippen LogP contribution in [0.25, 0.3) is 12.2 Å². The summed E-state index contributed by atoms with van der Waals surface area (Å²) < 4.78 is 27.6. The van der Waals surface area contributed by atoms with Crippen molar-refractivity contribution in [2.24, 2.45) is 22.3 Å². The number of esters is 3. The van der Waals surface area contributed by atoms with E-state index in [0.717, 1.165) is 22.3 Å². The Kier molecular flexibility index (Phi) is 17.1. The summed E-state index contributed by atoms with van der Waals surface area (Å²) in [6.45, 7) is 6.70. The molecule has 10 rings (SSSR count). The molecule has 6 aromatic rings. The van der Waals surface area contributed by atoms with Crippen LogP contribution < -0.4 is 11.5 Å². The molecule has 4 saturated heterocycles. The van der Waals surface area contributed by atoms with E-state index in [-0.39, 0.29) is 43.3 Å². The van der Waals surface area contributed by atoms with Gasteiger partial charge >= 0.3 is 36.1 Å². The van der Waals surface area contributed by atoms with Crippen LogP contribution in [0.2, 0.25) is 0 Å². The Morgan fingerprint density at radius 1 is 0.590 bits per heavy atom. The highest BCUT2D eigenvalue weighted by atomic mass is 16.6. The van der Waals surface area contributed by atoms with Gasteiger partial charge in [0.1, 0.15) is 31.9 Å². The Balaban J connectivity index is 0.000000200. The summed E-state index contributed by atoms with van der Waals surface area (Å²) in [5, 5.41) is 9.30. The third-order valence-electron chi connectivity index (χ3n) is 14.9. The van der Waals surface area contributed by atoms with Crippen LogP contribution in [0.3, 0.4) is 0 Å². The second-order valence-corrected chi connectivity index (χ2v) is 20.8.